The van der Waals surface area contributed by atoms with Gasteiger partial charge in [-0.05, 0) is 31.0 Å². The highest BCUT2D eigenvalue weighted by Crippen LogP contribution is 2.14. The number of aliphatic carboxylic acids is 1. The van der Waals surface area contributed by atoms with Crippen LogP contribution in [0.15, 0.2) is 24.3 Å². The van der Waals surface area contributed by atoms with Crippen LogP contribution in [0.1, 0.15) is 18.4 Å². The number of carboxylic acids is 1. The number of nitrogens with zero attached hydrogens (tertiary/aromatic N) is 1. The van der Waals surface area contributed by atoms with E-state index in [0.29, 0.717) is 5.69 Å². The number of hydrogen-bond donors (Lipinski definition) is 3. The van der Waals surface area contributed by atoms with E-state index < -0.39 is 23.9 Å². The van der Waals surface area contributed by atoms with Crippen molar-refractivity contribution in [3.63, 3.8) is 0 Å². The molecule has 114 valence electrons. The lowest BCUT2D eigenvalue weighted by Gasteiger charge is -2.21. The Kier molecular flexibility index (Phi) is 5.71. The highest BCUT2D eigenvalue weighted by atomic mass is 16.4. The SMILES string of the molecule is Cc1cccc(N(C)C(=O)N[C@@H](CCC(N)=O)C(=O)O)c1. The van der Waals surface area contributed by atoms with Crippen molar-refractivity contribution < 1.29 is 19.5 Å². The molecule has 7 nitrogen and oxygen atoms in total. The number of aryl methyl sites for hydroxylation is 1. The number of primary amides is 1. The summed E-state index contributed by atoms with van der Waals surface area (Å²) in [7, 11) is 1.54. The number of hydrogen-bond acceptors (Lipinski definition) is 3. The molecule has 0 saturated heterocycles. The van der Waals surface area contributed by atoms with Crippen LogP contribution in [0.3, 0.4) is 0 Å². The van der Waals surface area contributed by atoms with E-state index in [9.17, 15) is 14.4 Å². The van der Waals surface area contributed by atoms with Crippen molar-refractivity contribution in [2.45, 2.75) is 25.8 Å². The zero-order valence-electron chi connectivity index (χ0n) is 12.0. The van der Waals surface area contributed by atoms with Crippen molar-refractivity contribution in [1.29, 1.82) is 0 Å². The average molecular weight is 293 g/mol. The van der Waals surface area contributed by atoms with E-state index >= 15 is 0 Å². The number of carbonyl (C=O) groups excluding carboxylic acids is 2. The van der Waals surface area contributed by atoms with Gasteiger partial charge in [-0.25, -0.2) is 9.59 Å². The number of nitrogens with one attached hydrogen (secondary N) is 1. The number of benzene rings is 1. The van der Waals surface area contributed by atoms with E-state index in [1.807, 2.05) is 13.0 Å². The number of nitrogens with two attached hydrogens (primary N) is 1. The highest BCUT2D eigenvalue weighted by Gasteiger charge is 2.22. The summed E-state index contributed by atoms with van der Waals surface area (Å²) in [5, 5.41) is 11.4. The van der Waals surface area contributed by atoms with Gasteiger partial charge in [-0.2, -0.15) is 0 Å². The third-order valence-corrected chi connectivity index (χ3v) is 2.97. The Bertz CT molecular complexity index is 545. The molecule has 0 heterocycles. The lowest BCUT2D eigenvalue weighted by molar-refractivity contribution is -0.139. The molecule has 0 fully saturated rings. The molecule has 0 aliphatic rings. The fraction of sp³-hybridized carbons (Fsp3) is 0.357. The third kappa shape index (κ3) is 5.13. The van der Waals surface area contributed by atoms with Crippen LogP contribution in [0.25, 0.3) is 0 Å². The second kappa shape index (κ2) is 7.28. The quantitative estimate of drug-likeness (QED) is 0.722. The van der Waals surface area contributed by atoms with Gasteiger partial charge in [0.2, 0.25) is 5.91 Å². The first kappa shape index (κ1) is 16.5. The first-order valence-electron chi connectivity index (χ1n) is 6.43. The number of urea groups is 1. The molecular formula is C14H19N3O4. The van der Waals surface area contributed by atoms with Crippen molar-refractivity contribution in [1.82, 2.24) is 5.32 Å². The lowest BCUT2D eigenvalue weighted by Crippen LogP contribution is -2.47. The Hall–Kier alpha value is -2.57. The molecule has 1 aromatic rings. The fourth-order valence-corrected chi connectivity index (χ4v) is 1.74. The highest BCUT2D eigenvalue weighted by molar-refractivity contribution is 5.94. The summed E-state index contributed by atoms with van der Waals surface area (Å²) in [6.07, 6.45) is -0.149. The predicted octanol–water partition coefficient (Wildman–Crippen LogP) is 0.860. The first-order chi connectivity index (χ1) is 9.81. The predicted molar refractivity (Wildman–Crippen MR) is 78.0 cm³/mol. The zero-order chi connectivity index (χ0) is 16.0. The summed E-state index contributed by atoms with van der Waals surface area (Å²) in [5.41, 5.74) is 6.61. The number of carboxylic acid groups (broad SMARTS) is 1. The molecule has 21 heavy (non-hydrogen) atoms. The maximum Gasteiger partial charge on any atom is 0.326 e. The second-order valence-electron chi connectivity index (χ2n) is 4.74. The molecule has 0 unspecified atom stereocenters. The van der Waals surface area contributed by atoms with Crippen molar-refractivity contribution >= 4 is 23.6 Å². The molecule has 1 aromatic carbocycles. The lowest BCUT2D eigenvalue weighted by atomic mass is 10.1. The van der Waals surface area contributed by atoms with Crippen LogP contribution < -0.4 is 16.0 Å². The summed E-state index contributed by atoms with van der Waals surface area (Å²) in [5.74, 6) is -1.82. The standard InChI is InChI=1S/C14H19N3O4/c1-9-4-3-5-10(8-9)17(2)14(21)16-11(13(19)20)6-7-12(15)18/h3-5,8,11H,6-7H2,1-2H3,(H2,15,18)(H,16,21)(H,19,20)/t11-/m0/s1. The third-order valence-electron chi connectivity index (χ3n) is 2.97. The van der Waals surface area contributed by atoms with E-state index in [1.165, 1.54) is 11.9 Å². The summed E-state index contributed by atoms with van der Waals surface area (Å²) in [6, 6.07) is 5.53. The molecular weight excluding hydrogens is 274 g/mol. The van der Waals surface area contributed by atoms with Crippen LogP contribution in [0.5, 0.6) is 0 Å². The van der Waals surface area contributed by atoms with Crippen molar-refractivity contribution in [3.8, 4) is 0 Å². The van der Waals surface area contributed by atoms with Crippen LogP contribution in [0, 0.1) is 6.92 Å². The molecule has 7 heteroatoms. The molecule has 0 bridgehead atoms. The van der Waals surface area contributed by atoms with Gasteiger partial charge in [-0.1, -0.05) is 12.1 Å². The summed E-state index contributed by atoms with van der Waals surface area (Å²) >= 11 is 0. The number of anilines is 1. The zero-order valence-corrected chi connectivity index (χ0v) is 12.0. The molecule has 1 atom stereocenters. The Morgan fingerprint density at radius 2 is 2.05 bits per heavy atom. The van der Waals surface area contributed by atoms with Gasteiger partial charge in [0.1, 0.15) is 6.04 Å². The smallest absolute Gasteiger partial charge is 0.326 e. The fourth-order valence-electron chi connectivity index (χ4n) is 1.74. The molecule has 0 saturated carbocycles. The topological polar surface area (TPSA) is 113 Å². The normalized spacial score (nSPS) is 11.5. The van der Waals surface area contributed by atoms with E-state index in [4.69, 9.17) is 10.8 Å². The molecule has 4 N–H and O–H groups in total. The minimum atomic E-state index is -1.21. The summed E-state index contributed by atoms with van der Waals surface area (Å²) < 4.78 is 0. The molecule has 0 aromatic heterocycles. The Labute approximate surface area is 122 Å². The van der Waals surface area contributed by atoms with Crippen LogP contribution in [-0.4, -0.2) is 36.1 Å². The van der Waals surface area contributed by atoms with Crippen molar-refractivity contribution in [3.05, 3.63) is 29.8 Å². The van der Waals surface area contributed by atoms with Gasteiger partial charge in [-0.3, -0.25) is 9.69 Å². The molecule has 3 amide bonds. The van der Waals surface area contributed by atoms with Crippen LogP contribution in [0.4, 0.5) is 10.5 Å². The Morgan fingerprint density at radius 1 is 1.38 bits per heavy atom. The summed E-state index contributed by atoms with van der Waals surface area (Å²) in [6.45, 7) is 1.89. The van der Waals surface area contributed by atoms with E-state index in [1.54, 1.807) is 18.2 Å². The maximum atomic E-state index is 12.0. The van der Waals surface area contributed by atoms with Crippen LogP contribution >= 0.6 is 0 Å². The summed E-state index contributed by atoms with van der Waals surface area (Å²) in [4.78, 5) is 35.1. The Balaban J connectivity index is 2.72. The van der Waals surface area contributed by atoms with Gasteiger partial charge in [0.05, 0.1) is 0 Å². The molecule has 0 aliphatic heterocycles. The van der Waals surface area contributed by atoms with Crippen LogP contribution in [-0.2, 0) is 9.59 Å². The second-order valence-corrected chi connectivity index (χ2v) is 4.74. The molecule has 0 spiro atoms. The average Bonchev–Trinajstić information content (AvgIpc) is 2.41. The van der Waals surface area contributed by atoms with Gasteiger partial charge in [-0.15, -0.1) is 0 Å². The molecule has 0 aliphatic carbocycles. The minimum Gasteiger partial charge on any atom is -0.480 e. The first-order valence-corrected chi connectivity index (χ1v) is 6.43. The van der Waals surface area contributed by atoms with Gasteiger partial charge < -0.3 is 16.2 Å². The molecule has 1 rings (SSSR count). The number of rotatable bonds is 6. The Morgan fingerprint density at radius 3 is 2.57 bits per heavy atom. The maximum absolute atomic E-state index is 12.0. The van der Waals surface area contributed by atoms with Crippen molar-refractivity contribution in [2.75, 3.05) is 11.9 Å². The van der Waals surface area contributed by atoms with Gasteiger partial charge >= 0.3 is 12.0 Å². The molecule has 0 radical (unpaired) electrons. The largest absolute Gasteiger partial charge is 0.480 e. The number of carbonyl (C=O) groups is 3. The van der Waals surface area contributed by atoms with Gasteiger partial charge in [0, 0.05) is 19.2 Å². The van der Waals surface area contributed by atoms with Crippen molar-refractivity contribution in [2.24, 2.45) is 5.73 Å². The van der Waals surface area contributed by atoms with Crippen LogP contribution in [0.2, 0.25) is 0 Å². The minimum absolute atomic E-state index is 0.0436. The van der Waals surface area contributed by atoms with E-state index in [2.05, 4.69) is 5.32 Å². The van der Waals surface area contributed by atoms with E-state index in [-0.39, 0.29) is 12.8 Å². The van der Waals surface area contributed by atoms with E-state index in [0.717, 1.165) is 5.56 Å². The number of amides is 3. The van der Waals surface area contributed by atoms with Gasteiger partial charge in [0.25, 0.3) is 0 Å². The monoisotopic (exact) mass is 293 g/mol. The van der Waals surface area contributed by atoms with Gasteiger partial charge in [0.15, 0.2) is 0 Å².